The number of amides is 1. The number of imidazole rings is 1. The standard InChI is InChI=1S/C23H25N4O3S/c28-23(25-13-12-17-6-7-17)21(14-18-4-2-1-3-5-18)27-31(29,30)20-10-8-19(9-11-20)22-15-24-16-26-22/h1-5,8-11,13,15-17,21,27H,6-7,12,14H2,(H,24,26)(H,25,28)/t21-/m0/s1. The van der Waals surface area contributed by atoms with E-state index in [1.807, 2.05) is 30.3 Å². The minimum atomic E-state index is -3.89. The maximum absolute atomic E-state index is 13.0. The van der Waals surface area contributed by atoms with Gasteiger partial charge in [0, 0.05) is 6.54 Å². The fourth-order valence-electron chi connectivity index (χ4n) is 3.30. The van der Waals surface area contributed by atoms with Crippen LogP contribution in [0.5, 0.6) is 0 Å². The van der Waals surface area contributed by atoms with Crippen molar-refractivity contribution in [2.24, 2.45) is 5.92 Å². The van der Waals surface area contributed by atoms with E-state index in [1.54, 1.807) is 31.2 Å². The highest BCUT2D eigenvalue weighted by Gasteiger charge is 2.27. The van der Waals surface area contributed by atoms with E-state index in [4.69, 9.17) is 0 Å². The monoisotopic (exact) mass is 437 g/mol. The predicted molar refractivity (Wildman–Crippen MR) is 118 cm³/mol. The minimum Gasteiger partial charge on any atom is -0.350 e. The van der Waals surface area contributed by atoms with Gasteiger partial charge in [-0.05, 0) is 42.0 Å². The van der Waals surface area contributed by atoms with Crippen LogP contribution in [-0.2, 0) is 21.2 Å². The van der Waals surface area contributed by atoms with Crippen molar-refractivity contribution in [3.8, 4) is 11.3 Å². The molecule has 1 atom stereocenters. The van der Waals surface area contributed by atoms with Crippen molar-refractivity contribution < 1.29 is 13.2 Å². The molecule has 1 aliphatic carbocycles. The van der Waals surface area contributed by atoms with E-state index in [-0.39, 0.29) is 17.2 Å². The lowest BCUT2D eigenvalue weighted by Gasteiger charge is -2.19. The van der Waals surface area contributed by atoms with Crippen molar-refractivity contribution in [2.45, 2.75) is 36.6 Å². The average Bonchev–Trinajstić information content (AvgIpc) is 3.43. The Morgan fingerprint density at radius 1 is 1.13 bits per heavy atom. The van der Waals surface area contributed by atoms with Crippen LogP contribution in [0.4, 0.5) is 0 Å². The van der Waals surface area contributed by atoms with E-state index in [2.05, 4.69) is 20.0 Å². The summed E-state index contributed by atoms with van der Waals surface area (Å²) in [6, 6.07) is 14.9. The Morgan fingerprint density at radius 2 is 1.87 bits per heavy atom. The zero-order valence-electron chi connectivity index (χ0n) is 17.0. The first-order valence-corrected chi connectivity index (χ1v) is 11.8. The predicted octanol–water partition coefficient (Wildman–Crippen LogP) is 3.04. The summed E-state index contributed by atoms with van der Waals surface area (Å²) in [6.45, 7) is 1.74. The van der Waals surface area contributed by atoms with Crippen molar-refractivity contribution in [3.63, 3.8) is 0 Å². The number of carbonyl (C=O) groups is 1. The van der Waals surface area contributed by atoms with Crippen LogP contribution in [0.2, 0.25) is 0 Å². The Labute approximate surface area is 182 Å². The normalized spacial score (nSPS) is 14.8. The molecular formula is C23H25N4O3S. The zero-order chi connectivity index (χ0) is 21.7. The number of nitrogens with zero attached hydrogens (tertiary/aromatic N) is 1. The van der Waals surface area contributed by atoms with Crippen LogP contribution >= 0.6 is 0 Å². The van der Waals surface area contributed by atoms with Gasteiger partial charge in [0.1, 0.15) is 6.04 Å². The third-order valence-electron chi connectivity index (χ3n) is 5.26. The highest BCUT2D eigenvalue weighted by molar-refractivity contribution is 7.89. The van der Waals surface area contributed by atoms with Gasteiger partial charge < -0.3 is 10.3 Å². The molecule has 3 N–H and O–H groups in total. The summed E-state index contributed by atoms with van der Waals surface area (Å²) < 4.78 is 28.6. The number of nitrogens with one attached hydrogen (secondary N) is 3. The Kier molecular flexibility index (Phi) is 6.48. The third-order valence-corrected chi connectivity index (χ3v) is 6.75. The number of hydrogen-bond donors (Lipinski definition) is 3. The van der Waals surface area contributed by atoms with Crippen LogP contribution in [0.3, 0.4) is 0 Å². The fourth-order valence-corrected chi connectivity index (χ4v) is 4.50. The van der Waals surface area contributed by atoms with Crippen LogP contribution in [0, 0.1) is 12.5 Å². The molecule has 161 valence electrons. The molecule has 0 bridgehead atoms. The molecule has 0 saturated heterocycles. The highest BCUT2D eigenvalue weighted by atomic mass is 32.2. The van der Waals surface area contributed by atoms with E-state index in [0.29, 0.717) is 5.92 Å². The van der Waals surface area contributed by atoms with Crippen molar-refractivity contribution >= 4 is 15.9 Å². The van der Waals surface area contributed by atoms with Gasteiger partial charge in [-0.3, -0.25) is 4.79 Å². The number of aromatic amines is 1. The van der Waals surface area contributed by atoms with Crippen molar-refractivity contribution in [1.29, 1.82) is 0 Å². The Morgan fingerprint density at radius 3 is 2.52 bits per heavy atom. The van der Waals surface area contributed by atoms with Gasteiger partial charge in [0.15, 0.2) is 0 Å². The van der Waals surface area contributed by atoms with Gasteiger partial charge in [0.2, 0.25) is 15.9 Å². The summed E-state index contributed by atoms with van der Waals surface area (Å²) in [5.41, 5.74) is 2.50. The van der Waals surface area contributed by atoms with Crippen LogP contribution in [0.15, 0.2) is 72.0 Å². The molecule has 0 unspecified atom stereocenters. The van der Waals surface area contributed by atoms with Gasteiger partial charge in [-0.15, -0.1) is 0 Å². The molecule has 7 nitrogen and oxygen atoms in total. The van der Waals surface area contributed by atoms with Gasteiger partial charge in [-0.1, -0.05) is 55.3 Å². The minimum absolute atomic E-state index is 0.101. The molecule has 1 aromatic heterocycles. The molecule has 1 saturated carbocycles. The van der Waals surface area contributed by atoms with Crippen molar-refractivity contribution in [1.82, 2.24) is 20.0 Å². The maximum Gasteiger partial charge on any atom is 0.241 e. The zero-order valence-corrected chi connectivity index (χ0v) is 17.8. The molecule has 1 amide bonds. The van der Waals surface area contributed by atoms with E-state index in [1.165, 1.54) is 25.0 Å². The molecule has 1 aliphatic rings. The topological polar surface area (TPSA) is 104 Å². The first-order chi connectivity index (χ1) is 15.0. The molecule has 1 radical (unpaired) electrons. The smallest absolute Gasteiger partial charge is 0.241 e. The summed E-state index contributed by atoms with van der Waals surface area (Å²) in [5, 5.41) is 2.77. The van der Waals surface area contributed by atoms with Crippen LogP contribution < -0.4 is 10.0 Å². The average molecular weight is 438 g/mol. The van der Waals surface area contributed by atoms with Crippen LogP contribution in [0.25, 0.3) is 11.3 Å². The van der Waals surface area contributed by atoms with Gasteiger partial charge >= 0.3 is 0 Å². The van der Waals surface area contributed by atoms with Gasteiger partial charge in [0.25, 0.3) is 0 Å². The molecule has 8 heteroatoms. The molecule has 1 heterocycles. The molecular weight excluding hydrogens is 412 g/mol. The highest BCUT2D eigenvalue weighted by Crippen LogP contribution is 2.32. The molecule has 2 aromatic carbocycles. The second kappa shape index (κ2) is 9.45. The number of hydrogen-bond acceptors (Lipinski definition) is 4. The fraction of sp³-hybridized carbons (Fsp3) is 0.261. The maximum atomic E-state index is 13.0. The number of rotatable bonds is 10. The van der Waals surface area contributed by atoms with Crippen LogP contribution in [-0.4, -0.2) is 30.3 Å². The number of H-pyrrole nitrogens is 1. The Hall–Kier alpha value is -2.97. The number of aromatic nitrogens is 2. The van der Waals surface area contributed by atoms with Crippen LogP contribution in [0.1, 0.15) is 24.8 Å². The summed E-state index contributed by atoms with van der Waals surface area (Å²) in [5.74, 6) is 0.278. The SMILES string of the molecule is O=C(N[CH]CC1CC1)[C@H](Cc1ccccc1)NS(=O)(=O)c1ccc(-c2cnc[nH]2)cc1. The van der Waals surface area contributed by atoms with E-state index in [0.717, 1.165) is 23.2 Å². The molecule has 1 fully saturated rings. The summed E-state index contributed by atoms with van der Waals surface area (Å²) in [6.07, 6.45) is 6.66. The van der Waals surface area contributed by atoms with E-state index >= 15 is 0 Å². The lowest BCUT2D eigenvalue weighted by Crippen LogP contribution is -2.47. The van der Waals surface area contributed by atoms with E-state index < -0.39 is 16.1 Å². The number of benzene rings is 2. The summed E-state index contributed by atoms with van der Waals surface area (Å²) in [4.78, 5) is 19.8. The first-order valence-electron chi connectivity index (χ1n) is 10.3. The van der Waals surface area contributed by atoms with Crippen molar-refractivity contribution in [2.75, 3.05) is 0 Å². The molecule has 3 aromatic rings. The second-order valence-electron chi connectivity index (χ2n) is 7.75. The largest absolute Gasteiger partial charge is 0.350 e. The summed E-state index contributed by atoms with van der Waals surface area (Å²) in [7, 11) is -3.89. The number of carbonyl (C=O) groups excluding carboxylic acids is 1. The van der Waals surface area contributed by atoms with Gasteiger partial charge in [-0.25, -0.2) is 13.4 Å². The molecule has 0 aliphatic heterocycles. The van der Waals surface area contributed by atoms with Crippen molar-refractivity contribution in [3.05, 3.63) is 79.2 Å². The molecule has 31 heavy (non-hydrogen) atoms. The quantitative estimate of drug-likeness (QED) is 0.453. The second-order valence-corrected chi connectivity index (χ2v) is 9.46. The Bertz CT molecular complexity index is 1090. The molecule has 0 spiro atoms. The van der Waals surface area contributed by atoms with Gasteiger partial charge in [0.05, 0.1) is 23.1 Å². The van der Waals surface area contributed by atoms with Gasteiger partial charge in [-0.2, -0.15) is 4.72 Å². The number of sulfonamides is 1. The van der Waals surface area contributed by atoms with E-state index in [9.17, 15) is 13.2 Å². The first kappa shape index (κ1) is 21.3. The summed E-state index contributed by atoms with van der Waals surface area (Å²) >= 11 is 0. The lowest BCUT2D eigenvalue weighted by molar-refractivity contribution is -0.122. The molecule has 4 rings (SSSR count). The lowest BCUT2D eigenvalue weighted by atomic mass is 10.1. The Balaban J connectivity index is 1.48. The third kappa shape index (κ3) is 5.80.